The van der Waals surface area contributed by atoms with Gasteiger partial charge >= 0.3 is 5.97 Å². The zero-order valence-corrected chi connectivity index (χ0v) is 15.4. The minimum atomic E-state index is -1.00. The molecule has 0 saturated heterocycles. The number of carboxylic acids is 1. The van der Waals surface area contributed by atoms with Crippen LogP contribution in [-0.4, -0.2) is 48.7 Å². The Morgan fingerprint density at radius 1 is 1.00 bits per heavy atom. The van der Waals surface area contributed by atoms with Crippen molar-refractivity contribution in [2.45, 2.75) is 78.7 Å². The number of quaternary nitrogens is 1. The van der Waals surface area contributed by atoms with E-state index < -0.39 is 5.97 Å². The monoisotopic (exact) mass is 329 g/mol. The summed E-state index contributed by atoms with van der Waals surface area (Å²) in [5.74, 6) is -1.28. The van der Waals surface area contributed by atoms with Crippen molar-refractivity contribution >= 4 is 11.9 Å². The van der Waals surface area contributed by atoms with Crippen LogP contribution in [0.4, 0.5) is 0 Å². The molecule has 0 aliphatic carbocycles. The lowest BCUT2D eigenvalue weighted by Crippen LogP contribution is -2.55. The van der Waals surface area contributed by atoms with Gasteiger partial charge in [0.25, 0.3) is 0 Å². The van der Waals surface area contributed by atoms with Crippen LogP contribution in [0.25, 0.3) is 0 Å². The summed E-state index contributed by atoms with van der Waals surface area (Å²) in [5, 5.41) is 11.0. The summed E-state index contributed by atoms with van der Waals surface area (Å²) in [7, 11) is 0. The lowest BCUT2D eigenvalue weighted by atomic mass is 10.1. The molecule has 0 aromatic carbocycles. The second-order valence-electron chi connectivity index (χ2n) is 6.65. The standard InChI is InChI=1S/C18H35NO4/c1-5-7-9-12-19(13-10-8-6-2,14-11-18(21)22)15-16(3)23-17(4)20/h16H,5-15H2,1-4H3. The molecule has 0 amide bonds. The van der Waals surface area contributed by atoms with Gasteiger partial charge < -0.3 is 19.1 Å². The van der Waals surface area contributed by atoms with Crippen LogP contribution >= 0.6 is 0 Å². The maximum absolute atomic E-state index is 11.2. The van der Waals surface area contributed by atoms with Crippen LogP contribution in [0, 0.1) is 0 Å². The van der Waals surface area contributed by atoms with Gasteiger partial charge in [-0.1, -0.05) is 26.7 Å². The first-order chi connectivity index (χ1) is 10.8. The first kappa shape index (κ1) is 21.9. The van der Waals surface area contributed by atoms with Crippen LogP contribution in [0.3, 0.4) is 0 Å². The van der Waals surface area contributed by atoms with Crippen LogP contribution in [0.15, 0.2) is 0 Å². The molecule has 0 aliphatic rings. The van der Waals surface area contributed by atoms with Gasteiger partial charge in [0, 0.05) is 19.3 Å². The largest absolute Gasteiger partial charge is 0.550 e. The van der Waals surface area contributed by atoms with Gasteiger partial charge in [0.15, 0.2) is 0 Å². The summed E-state index contributed by atoms with van der Waals surface area (Å²) in [6, 6.07) is 0. The van der Waals surface area contributed by atoms with Gasteiger partial charge in [-0.15, -0.1) is 0 Å². The number of unbranched alkanes of at least 4 members (excludes halogenated alkanes) is 4. The van der Waals surface area contributed by atoms with Gasteiger partial charge in [-0.25, -0.2) is 0 Å². The Labute approximate surface area is 141 Å². The van der Waals surface area contributed by atoms with Crippen molar-refractivity contribution in [2.24, 2.45) is 0 Å². The van der Waals surface area contributed by atoms with Gasteiger partial charge in [0.05, 0.1) is 19.6 Å². The minimum Gasteiger partial charge on any atom is -0.550 e. The van der Waals surface area contributed by atoms with Crippen molar-refractivity contribution < 1.29 is 23.9 Å². The van der Waals surface area contributed by atoms with E-state index in [-0.39, 0.29) is 18.5 Å². The first-order valence-electron chi connectivity index (χ1n) is 9.07. The van der Waals surface area contributed by atoms with Crippen molar-refractivity contribution in [3.63, 3.8) is 0 Å². The lowest BCUT2D eigenvalue weighted by Gasteiger charge is -2.41. The third kappa shape index (κ3) is 11.1. The highest BCUT2D eigenvalue weighted by atomic mass is 16.5. The van der Waals surface area contributed by atoms with E-state index in [0.29, 0.717) is 17.6 Å². The summed E-state index contributed by atoms with van der Waals surface area (Å²) in [6.45, 7) is 10.8. The Bertz CT molecular complexity index is 334. The fraction of sp³-hybridized carbons (Fsp3) is 0.889. The van der Waals surface area contributed by atoms with Gasteiger partial charge in [0.1, 0.15) is 12.6 Å². The maximum atomic E-state index is 11.2. The molecular formula is C18H35NO4. The fourth-order valence-electron chi connectivity index (χ4n) is 3.20. The fourth-order valence-corrected chi connectivity index (χ4v) is 3.20. The van der Waals surface area contributed by atoms with E-state index in [1.165, 1.54) is 6.92 Å². The molecule has 1 unspecified atom stereocenters. The summed E-state index contributed by atoms with van der Waals surface area (Å²) >= 11 is 0. The third-order valence-electron chi connectivity index (χ3n) is 4.27. The predicted octanol–water partition coefficient (Wildman–Crippen LogP) is 2.28. The maximum Gasteiger partial charge on any atom is 0.303 e. The van der Waals surface area contributed by atoms with E-state index in [0.717, 1.165) is 51.6 Å². The number of hydrogen-bond donors (Lipinski definition) is 0. The van der Waals surface area contributed by atoms with E-state index in [2.05, 4.69) is 13.8 Å². The Morgan fingerprint density at radius 3 is 1.91 bits per heavy atom. The van der Waals surface area contributed by atoms with E-state index in [1.54, 1.807) is 0 Å². The number of carbonyl (C=O) groups is 2. The number of aliphatic carboxylic acids is 1. The molecule has 0 saturated carbocycles. The quantitative estimate of drug-likeness (QED) is 0.278. The molecule has 0 N–H and O–H groups in total. The van der Waals surface area contributed by atoms with Gasteiger partial charge in [-0.3, -0.25) is 4.79 Å². The molecule has 5 nitrogen and oxygen atoms in total. The molecule has 0 spiro atoms. The molecule has 0 aromatic heterocycles. The average Bonchev–Trinajstić information content (AvgIpc) is 2.44. The average molecular weight is 329 g/mol. The number of carboxylic acid groups (broad SMARTS) is 1. The molecule has 1 atom stereocenters. The summed E-state index contributed by atoms with van der Waals surface area (Å²) in [6.07, 6.45) is 6.56. The second kappa shape index (κ2) is 12.3. The van der Waals surface area contributed by atoms with Crippen LogP contribution in [0.2, 0.25) is 0 Å². The molecule has 0 aromatic rings. The highest BCUT2D eigenvalue weighted by Gasteiger charge is 2.29. The van der Waals surface area contributed by atoms with Crippen LogP contribution in [0.5, 0.6) is 0 Å². The third-order valence-corrected chi connectivity index (χ3v) is 4.27. The molecule has 0 bridgehead atoms. The van der Waals surface area contributed by atoms with Gasteiger partial charge in [0.2, 0.25) is 0 Å². The normalized spacial score (nSPS) is 12.9. The zero-order valence-electron chi connectivity index (χ0n) is 15.4. The second-order valence-corrected chi connectivity index (χ2v) is 6.65. The van der Waals surface area contributed by atoms with E-state index in [1.807, 2.05) is 6.92 Å². The molecule has 0 fully saturated rings. The van der Waals surface area contributed by atoms with E-state index in [9.17, 15) is 14.7 Å². The van der Waals surface area contributed by atoms with Crippen LogP contribution in [-0.2, 0) is 14.3 Å². The molecule has 5 heteroatoms. The van der Waals surface area contributed by atoms with Crippen molar-refractivity contribution in [1.29, 1.82) is 0 Å². The summed E-state index contributed by atoms with van der Waals surface area (Å²) in [4.78, 5) is 22.2. The minimum absolute atomic E-state index is 0.0606. The molecule has 136 valence electrons. The molecule has 0 heterocycles. The Hall–Kier alpha value is -1.10. The Balaban J connectivity index is 4.98. The van der Waals surface area contributed by atoms with E-state index >= 15 is 0 Å². The summed E-state index contributed by atoms with van der Waals surface area (Å²) in [5.41, 5.74) is 0. The SMILES string of the molecule is CCCCC[N+](CCCCC)(CCC(=O)[O-])CC(C)OC(C)=O. The molecular weight excluding hydrogens is 294 g/mol. The lowest BCUT2D eigenvalue weighted by molar-refractivity contribution is -0.930. The smallest absolute Gasteiger partial charge is 0.303 e. The number of esters is 1. The van der Waals surface area contributed by atoms with Gasteiger partial charge in [-0.05, 0) is 32.6 Å². The van der Waals surface area contributed by atoms with Crippen molar-refractivity contribution in [1.82, 2.24) is 0 Å². The van der Waals surface area contributed by atoms with Crippen LogP contribution < -0.4 is 5.11 Å². The van der Waals surface area contributed by atoms with Crippen LogP contribution in [0.1, 0.15) is 72.6 Å². The molecule has 0 radical (unpaired) electrons. The zero-order chi connectivity index (χ0) is 17.7. The molecule has 23 heavy (non-hydrogen) atoms. The topological polar surface area (TPSA) is 66.4 Å². The highest BCUT2D eigenvalue weighted by molar-refractivity contribution is 5.66. The van der Waals surface area contributed by atoms with Crippen molar-refractivity contribution in [3.8, 4) is 0 Å². The predicted molar refractivity (Wildman–Crippen MR) is 89.6 cm³/mol. The molecule has 0 rings (SSSR count). The van der Waals surface area contributed by atoms with Gasteiger partial charge in [-0.2, -0.15) is 0 Å². The number of carbonyl (C=O) groups excluding carboxylic acids is 2. The van der Waals surface area contributed by atoms with Crippen molar-refractivity contribution in [3.05, 3.63) is 0 Å². The number of nitrogens with zero attached hydrogens (tertiary/aromatic N) is 1. The van der Waals surface area contributed by atoms with Crippen molar-refractivity contribution in [2.75, 3.05) is 26.2 Å². The number of ether oxygens (including phenoxy) is 1. The first-order valence-corrected chi connectivity index (χ1v) is 9.07. The number of hydrogen-bond acceptors (Lipinski definition) is 4. The Kier molecular flexibility index (Phi) is 11.7. The Morgan fingerprint density at radius 2 is 1.52 bits per heavy atom. The number of rotatable bonds is 14. The summed E-state index contributed by atoms with van der Waals surface area (Å²) < 4.78 is 6.02. The molecule has 0 aliphatic heterocycles. The van der Waals surface area contributed by atoms with E-state index in [4.69, 9.17) is 4.74 Å². The highest BCUT2D eigenvalue weighted by Crippen LogP contribution is 2.17.